The molecule has 3 aromatic rings. The summed E-state index contributed by atoms with van der Waals surface area (Å²) in [5.74, 6) is 0.479. The van der Waals surface area contributed by atoms with Gasteiger partial charge in [0.15, 0.2) is 5.82 Å². The molecule has 1 saturated heterocycles. The van der Waals surface area contributed by atoms with Crippen LogP contribution in [0.5, 0.6) is 0 Å². The summed E-state index contributed by atoms with van der Waals surface area (Å²) in [6.07, 6.45) is 1.06. The van der Waals surface area contributed by atoms with Gasteiger partial charge in [-0.2, -0.15) is 10.2 Å². The van der Waals surface area contributed by atoms with Gasteiger partial charge in [0.25, 0.3) is 0 Å². The van der Waals surface area contributed by atoms with Gasteiger partial charge in [0.1, 0.15) is 11.2 Å². The molecule has 0 saturated carbocycles. The molecule has 0 aliphatic carbocycles. The molecule has 34 heavy (non-hydrogen) atoms. The van der Waals surface area contributed by atoms with Crippen LogP contribution in [0.4, 0.5) is 9.18 Å². The van der Waals surface area contributed by atoms with Crippen molar-refractivity contribution >= 4 is 6.09 Å². The van der Waals surface area contributed by atoms with Crippen LogP contribution in [0.2, 0.25) is 0 Å². The SMILES string of the molecule is N#CC1(c2nc(Cc3ccc(F)cc3)no2)CCN(CC[C@H](NC(=O)O)c2ccccc2)CC1. The number of hydrogen-bond acceptors (Lipinski definition) is 6. The van der Waals surface area contributed by atoms with Crippen LogP contribution in [0.1, 0.15) is 48.1 Å². The first kappa shape index (κ1) is 23.4. The second kappa shape index (κ2) is 10.4. The topological polar surface area (TPSA) is 115 Å². The van der Waals surface area contributed by atoms with Crippen LogP contribution < -0.4 is 5.32 Å². The third kappa shape index (κ3) is 5.58. The molecular weight excluding hydrogens is 437 g/mol. The molecule has 2 N–H and O–H groups in total. The lowest BCUT2D eigenvalue weighted by Gasteiger charge is -2.35. The predicted molar refractivity (Wildman–Crippen MR) is 121 cm³/mol. The highest BCUT2D eigenvalue weighted by molar-refractivity contribution is 5.65. The Bertz CT molecular complexity index is 1140. The van der Waals surface area contributed by atoms with Gasteiger partial charge in [-0.3, -0.25) is 0 Å². The van der Waals surface area contributed by atoms with Crippen molar-refractivity contribution in [3.05, 3.63) is 83.3 Å². The Labute approximate surface area is 197 Å². The minimum atomic E-state index is -1.05. The molecule has 0 spiro atoms. The number of aromatic nitrogens is 2. The number of halogens is 1. The Hall–Kier alpha value is -3.77. The summed E-state index contributed by atoms with van der Waals surface area (Å²) >= 11 is 0. The van der Waals surface area contributed by atoms with Gasteiger partial charge < -0.3 is 19.8 Å². The molecule has 9 heteroatoms. The van der Waals surface area contributed by atoms with Crippen LogP contribution in [0.15, 0.2) is 59.1 Å². The van der Waals surface area contributed by atoms with Crippen molar-refractivity contribution in [3.63, 3.8) is 0 Å². The lowest BCUT2D eigenvalue weighted by atomic mass is 9.79. The average molecular weight is 464 g/mol. The molecule has 0 bridgehead atoms. The predicted octanol–water partition coefficient (Wildman–Crippen LogP) is 4.06. The van der Waals surface area contributed by atoms with Gasteiger partial charge in [-0.05, 0) is 42.5 Å². The Morgan fingerprint density at radius 1 is 1.21 bits per heavy atom. The van der Waals surface area contributed by atoms with E-state index in [0.29, 0.717) is 57.0 Å². The van der Waals surface area contributed by atoms with Crippen LogP contribution >= 0.6 is 0 Å². The molecule has 8 nitrogen and oxygen atoms in total. The van der Waals surface area contributed by atoms with E-state index in [0.717, 1.165) is 11.1 Å². The number of nitrogens with zero attached hydrogens (tertiary/aromatic N) is 4. The number of hydrogen-bond donors (Lipinski definition) is 2. The zero-order chi connectivity index (χ0) is 24.0. The largest absolute Gasteiger partial charge is 0.465 e. The van der Waals surface area contributed by atoms with E-state index in [1.54, 1.807) is 12.1 Å². The molecule has 1 fully saturated rings. The van der Waals surface area contributed by atoms with Crippen molar-refractivity contribution < 1.29 is 18.8 Å². The smallest absolute Gasteiger partial charge is 0.405 e. The highest BCUT2D eigenvalue weighted by Gasteiger charge is 2.41. The Morgan fingerprint density at radius 3 is 2.56 bits per heavy atom. The van der Waals surface area contributed by atoms with E-state index in [4.69, 9.17) is 4.52 Å². The average Bonchev–Trinajstić information content (AvgIpc) is 3.33. The molecule has 1 amide bonds. The van der Waals surface area contributed by atoms with Crippen LogP contribution in [-0.2, 0) is 11.8 Å². The number of benzene rings is 2. The third-order valence-electron chi connectivity index (χ3n) is 6.31. The number of rotatable bonds is 8. The standard InChI is InChI=1S/C25H26FN5O3/c26-20-8-6-18(7-9-20)16-22-29-23(34-30-22)25(17-27)11-14-31(15-12-25)13-10-21(28-24(32)33)19-4-2-1-3-5-19/h1-9,21,28H,10-16H2,(H,32,33)/t21-/m0/s1. The number of carboxylic acid groups (broad SMARTS) is 1. The number of piperidine rings is 1. The molecule has 1 atom stereocenters. The molecule has 1 aromatic heterocycles. The second-order valence-electron chi connectivity index (χ2n) is 8.56. The van der Waals surface area contributed by atoms with Crippen LogP contribution in [0, 0.1) is 17.1 Å². The first-order chi connectivity index (χ1) is 16.5. The van der Waals surface area contributed by atoms with Crippen molar-refractivity contribution in [2.24, 2.45) is 0 Å². The van der Waals surface area contributed by atoms with Crippen LogP contribution in [0.25, 0.3) is 0 Å². The van der Waals surface area contributed by atoms with Gasteiger partial charge in [-0.25, -0.2) is 9.18 Å². The van der Waals surface area contributed by atoms with Gasteiger partial charge in [0.2, 0.25) is 5.89 Å². The first-order valence-corrected chi connectivity index (χ1v) is 11.2. The molecule has 1 aliphatic heterocycles. The van der Waals surface area contributed by atoms with Gasteiger partial charge in [-0.1, -0.05) is 47.6 Å². The summed E-state index contributed by atoms with van der Waals surface area (Å²) in [6.45, 7) is 2.02. The van der Waals surface area contributed by atoms with E-state index in [2.05, 4.69) is 26.4 Å². The van der Waals surface area contributed by atoms with E-state index < -0.39 is 11.5 Å². The van der Waals surface area contributed by atoms with E-state index >= 15 is 0 Å². The van der Waals surface area contributed by atoms with Crippen molar-refractivity contribution in [1.29, 1.82) is 5.26 Å². The monoisotopic (exact) mass is 463 g/mol. The zero-order valence-corrected chi connectivity index (χ0v) is 18.7. The summed E-state index contributed by atoms with van der Waals surface area (Å²) in [7, 11) is 0. The van der Waals surface area contributed by atoms with Crippen molar-refractivity contribution in [2.45, 2.75) is 37.1 Å². The summed E-state index contributed by atoms with van der Waals surface area (Å²) < 4.78 is 18.6. The molecule has 2 heterocycles. The number of likely N-dealkylation sites (tertiary alicyclic amines) is 1. The van der Waals surface area contributed by atoms with Crippen molar-refractivity contribution in [1.82, 2.24) is 20.4 Å². The van der Waals surface area contributed by atoms with Crippen LogP contribution in [0.3, 0.4) is 0 Å². The molecule has 0 radical (unpaired) electrons. The fourth-order valence-corrected chi connectivity index (χ4v) is 4.31. The van der Waals surface area contributed by atoms with E-state index in [1.165, 1.54) is 12.1 Å². The Kier molecular flexibility index (Phi) is 7.18. The molecule has 2 aromatic carbocycles. The summed E-state index contributed by atoms with van der Waals surface area (Å²) in [6, 6.07) is 17.7. The lowest BCUT2D eigenvalue weighted by molar-refractivity contribution is 0.154. The highest BCUT2D eigenvalue weighted by Crippen LogP contribution is 2.34. The minimum absolute atomic E-state index is 0.300. The quantitative estimate of drug-likeness (QED) is 0.518. The Balaban J connectivity index is 1.35. The normalized spacial score (nSPS) is 16.5. The van der Waals surface area contributed by atoms with Crippen LogP contribution in [-0.4, -0.2) is 45.9 Å². The third-order valence-corrected chi connectivity index (χ3v) is 6.31. The molecule has 176 valence electrons. The molecule has 4 rings (SSSR count). The number of carbonyl (C=O) groups is 1. The van der Waals surface area contributed by atoms with Gasteiger partial charge in [-0.15, -0.1) is 0 Å². The van der Waals surface area contributed by atoms with E-state index in [-0.39, 0.29) is 11.9 Å². The number of nitrogens with one attached hydrogen (secondary N) is 1. The Morgan fingerprint density at radius 2 is 1.91 bits per heavy atom. The molecule has 0 unspecified atom stereocenters. The first-order valence-electron chi connectivity index (χ1n) is 11.2. The van der Waals surface area contributed by atoms with E-state index in [9.17, 15) is 19.6 Å². The fourth-order valence-electron chi connectivity index (χ4n) is 4.31. The number of amides is 1. The molecule has 1 aliphatic rings. The number of nitriles is 1. The summed E-state index contributed by atoms with van der Waals surface area (Å²) in [4.78, 5) is 18.0. The maximum Gasteiger partial charge on any atom is 0.405 e. The van der Waals surface area contributed by atoms with Gasteiger partial charge in [0, 0.05) is 26.1 Å². The van der Waals surface area contributed by atoms with Gasteiger partial charge >= 0.3 is 6.09 Å². The maximum atomic E-state index is 13.1. The summed E-state index contributed by atoms with van der Waals surface area (Å²) in [5.41, 5.74) is 0.938. The zero-order valence-electron chi connectivity index (χ0n) is 18.7. The summed E-state index contributed by atoms with van der Waals surface area (Å²) in [5, 5.41) is 25.8. The fraction of sp³-hybridized carbons (Fsp3) is 0.360. The lowest BCUT2D eigenvalue weighted by Crippen LogP contribution is -2.43. The van der Waals surface area contributed by atoms with E-state index in [1.807, 2.05) is 30.3 Å². The minimum Gasteiger partial charge on any atom is -0.465 e. The van der Waals surface area contributed by atoms with Gasteiger partial charge in [0.05, 0.1) is 12.1 Å². The van der Waals surface area contributed by atoms with Crippen molar-refractivity contribution in [3.8, 4) is 6.07 Å². The maximum absolute atomic E-state index is 13.1. The van der Waals surface area contributed by atoms with Crippen molar-refractivity contribution in [2.75, 3.05) is 19.6 Å². The second-order valence-corrected chi connectivity index (χ2v) is 8.56. The molecular formula is C25H26FN5O3. The highest BCUT2D eigenvalue weighted by atomic mass is 19.1.